The highest BCUT2D eigenvalue weighted by molar-refractivity contribution is 5.62. The fourth-order valence-electron chi connectivity index (χ4n) is 1.69. The number of aryl methyl sites for hydroxylation is 1. The molecule has 1 N–H and O–H groups in total. The van der Waals surface area contributed by atoms with E-state index in [0.717, 1.165) is 24.0 Å². The van der Waals surface area contributed by atoms with Crippen molar-refractivity contribution in [2.45, 2.75) is 19.8 Å². The normalized spacial score (nSPS) is 10.3. The number of aromatic nitrogens is 2. The number of hydrogen-bond donors (Lipinski definition) is 1. The third kappa shape index (κ3) is 2.37. The zero-order valence-corrected chi connectivity index (χ0v) is 9.23. The van der Waals surface area contributed by atoms with Gasteiger partial charge in [0.25, 0.3) is 5.56 Å². The van der Waals surface area contributed by atoms with Crippen LogP contribution in [0.3, 0.4) is 0 Å². The minimum Gasteiger partial charge on any atom is -0.268 e. The Labute approximate surface area is 94.2 Å². The van der Waals surface area contributed by atoms with Gasteiger partial charge >= 0.3 is 0 Å². The predicted octanol–water partition coefficient (Wildman–Crippen LogP) is 2.39. The number of aromatic amines is 1. The SMILES string of the molecule is CCCc1ccc(-c2cn[nH]c(=O)c2)cc1. The van der Waals surface area contributed by atoms with Crippen LogP contribution in [0.2, 0.25) is 0 Å². The van der Waals surface area contributed by atoms with Crippen molar-refractivity contribution in [1.82, 2.24) is 10.2 Å². The molecule has 0 spiro atoms. The van der Waals surface area contributed by atoms with E-state index in [1.807, 2.05) is 12.1 Å². The van der Waals surface area contributed by atoms with Crippen LogP contribution in [-0.2, 0) is 6.42 Å². The van der Waals surface area contributed by atoms with Gasteiger partial charge in [0.15, 0.2) is 0 Å². The van der Waals surface area contributed by atoms with Crippen LogP contribution < -0.4 is 5.56 Å². The van der Waals surface area contributed by atoms with E-state index in [1.165, 1.54) is 5.56 Å². The van der Waals surface area contributed by atoms with Crippen LogP contribution in [0.4, 0.5) is 0 Å². The van der Waals surface area contributed by atoms with Gasteiger partial charge in [0.05, 0.1) is 6.20 Å². The van der Waals surface area contributed by atoms with Crippen molar-refractivity contribution in [3.63, 3.8) is 0 Å². The Balaban J connectivity index is 2.31. The first-order chi connectivity index (χ1) is 7.79. The zero-order valence-electron chi connectivity index (χ0n) is 9.23. The number of H-pyrrole nitrogens is 1. The molecule has 3 heteroatoms. The topological polar surface area (TPSA) is 45.8 Å². The monoisotopic (exact) mass is 214 g/mol. The Hall–Kier alpha value is -1.90. The lowest BCUT2D eigenvalue weighted by atomic mass is 10.0. The summed E-state index contributed by atoms with van der Waals surface area (Å²) >= 11 is 0. The number of nitrogens with one attached hydrogen (secondary N) is 1. The lowest BCUT2D eigenvalue weighted by molar-refractivity contribution is 0.922. The van der Waals surface area contributed by atoms with Gasteiger partial charge < -0.3 is 0 Å². The average molecular weight is 214 g/mol. The number of nitrogens with zero attached hydrogens (tertiary/aromatic N) is 1. The van der Waals surface area contributed by atoms with E-state index < -0.39 is 0 Å². The van der Waals surface area contributed by atoms with E-state index in [4.69, 9.17) is 0 Å². The molecule has 0 bridgehead atoms. The molecular formula is C13H14N2O. The second-order valence-corrected chi connectivity index (χ2v) is 3.78. The van der Waals surface area contributed by atoms with Crippen LogP contribution in [-0.4, -0.2) is 10.2 Å². The maximum atomic E-state index is 11.1. The number of benzene rings is 1. The standard InChI is InChI=1S/C13H14N2O/c1-2-3-10-4-6-11(7-5-10)12-8-13(16)15-14-9-12/h4-9H,2-3H2,1H3,(H,15,16). The third-order valence-corrected chi connectivity index (χ3v) is 2.49. The summed E-state index contributed by atoms with van der Waals surface area (Å²) in [5.74, 6) is 0. The largest absolute Gasteiger partial charge is 0.268 e. The Kier molecular flexibility index (Phi) is 3.15. The van der Waals surface area contributed by atoms with E-state index in [9.17, 15) is 4.79 Å². The van der Waals surface area contributed by atoms with Crippen LogP contribution in [0.1, 0.15) is 18.9 Å². The first kappa shape index (κ1) is 10.6. The molecule has 2 aromatic rings. The first-order valence-corrected chi connectivity index (χ1v) is 5.43. The number of rotatable bonds is 3. The van der Waals surface area contributed by atoms with Gasteiger partial charge in [0, 0.05) is 11.6 Å². The second-order valence-electron chi connectivity index (χ2n) is 3.78. The van der Waals surface area contributed by atoms with E-state index >= 15 is 0 Å². The molecule has 1 aromatic heterocycles. The van der Waals surface area contributed by atoms with E-state index in [2.05, 4.69) is 29.3 Å². The smallest absolute Gasteiger partial charge is 0.264 e. The maximum absolute atomic E-state index is 11.1. The van der Waals surface area contributed by atoms with Crippen molar-refractivity contribution in [3.05, 3.63) is 52.4 Å². The quantitative estimate of drug-likeness (QED) is 0.852. The maximum Gasteiger partial charge on any atom is 0.264 e. The zero-order chi connectivity index (χ0) is 11.4. The molecule has 2 rings (SSSR count). The van der Waals surface area contributed by atoms with Crippen LogP contribution >= 0.6 is 0 Å². The highest BCUT2D eigenvalue weighted by Gasteiger charge is 1.99. The summed E-state index contributed by atoms with van der Waals surface area (Å²) in [4.78, 5) is 11.1. The minimum atomic E-state index is -0.171. The van der Waals surface area contributed by atoms with Crippen LogP contribution in [0.25, 0.3) is 11.1 Å². The van der Waals surface area contributed by atoms with Gasteiger partial charge in [-0.1, -0.05) is 37.6 Å². The molecule has 1 heterocycles. The summed E-state index contributed by atoms with van der Waals surface area (Å²) in [5.41, 5.74) is 3.03. The van der Waals surface area contributed by atoms with Crippen molar-refractivity contribution in [1.29, 1.82) is 0 Å². The Morgan fingerprint density at radius 2 is 1.94 bits per heavy atom. The van der Waals surface area contributed by atoms with Gasteiger partial charge in [0.2, 0.25) is 0 Å². The minimum absolute atomic E-state index is 0.171. The molecule has 0 saturated carbocycles. The van der Waals surface area contributed by atoms with Gasteiger partial charge in [-0.25, -0.2) is 5.10 Å². The molecule has 0 aliphatic carbocycles. The lowest BCUT2D eigenvalue weighted by Crippen LogP contribution is -2.05. The van der Waals surface area contributed by atoms with E-state index in [-0.39, 0.29) is 5.56 Å². The van der Waals surface area contributed by atoms with Gasteiger partial charge in [-0.3, -0.25) is 4.79 Å². The molecule has 0 amide bonds. The lowest BCUT2D eigenvalue weighted by Gasteiger charge is -2.02. The van der Waals surface area contributed by atoms with Crippen molar-refractivity contribution in [3.8, 4) is 11.1 Å². The predicted molar refractivity (Wildman–Crippen MR) is 64.3 cm³/mol. The molecule has 0 aliphatic rings. The van der Waals surface area contributed by atoms with Gasteiger partial charge in [0.1, 0.15) is 0 Å². The van der Waals surface area contributed by atoms with Gasteiger partial charge in [-0.15, -0.1) is 0 Å². The molecule has 3 nitrogen and oxygen atoms in total. The van der Waals surface area contributed by atoms with Crippen molar-refractivity contribution in [2.75, 3.05) is 0 Å². The molecule has 0 saturated heterocycles. The van der Waals surface area contributed by atoms with Crippen LogP contribution in [0.5, 0.6) is 0 Å². The Morgan fingerprint density at radius 1 is 1.19 bits per heavy atom. The highest BCUT2D eigenvalue weighted by atomic mass is 16.1. The van der Waals surface area contributed by atoms with E-state index in [0.29, 0.717) is 0 Å². The van der Waals surface area contributed by atoms with Gasteiger partial charge in [-0.2, -0.15) is 5.10 Å². The molecule has 82 valence electrons. The van der Waals surface area contributed by atoms with Crippen LogP contribution in [0, 0.1) is 0 Å². The molecule has 16 heavy (non-hydrogen) atoms. The Bertz CT molecular complexity index is 514. The van der Waals surface area contributed by atoms with Crippen molar-refractivity contribution in [2.24, 2.45) is 0 Å². The molecule has 0 fully saturated rings. The first-order valence-electron chi connectivity index (χ1n) is 5.43. The highest BCUT2D eigenvalue weighted by Crippen LogP contribution is 2.17. The summed E-state index contributed by atoms with van der Waals surface area (Å²) in [5, 5.41) is 6.15. The number of hydrogen-bond acceptors (Lipinski definition) is 2. The molecule has 1 aromatic carbocycles. The molecule has 0 unspecified atom stereocenters. The molecule has 0 radical (unpaired) electrons. The average Bonchev–Trinajstić information content (AvgIpc) is 2.30. The summed E-state index contributed by atoms with van der Waals surface area (Å²) in [6, 6.07) is 9.81. The summed E-state index contributed by atoms with van der Waals surface area (Å²) < 4.78 is 0. The van der Waals surface area contributed by atoms with Crippen molar-refractivity contribution >= 4 is 0 Å². The molecular weight excluding hydrogens is 200 g/mol. The summed E-state index contributed by atoms with van der Waals surface area (Å²) in [6.45, 7) is 2.16. The third-order valence-electron chi connectivity index (χ3n) is 2.49. The fraction of sp³-hybridized carbons (Fsp3) is 0.231. The van der Waals surface area contributed by atoms with Crippen LogP contribution in [0.15, 0.2) is 41.3 Å². The van der Waals surface area contributed by atoms with E-state index in [1.54, 1.807) is 12.3 Å². The summed E-state index contributed by atoms with van der Waals surface area (Å²) in [6.07, 6.45) is 3.90. The van der Waals surface area contributed by atoms with Gasteiger partial charge in [-0.05, 0) is 17.5 Å². The Morgan fingerprint density at radius 3 is 2.56 bits per heavy atom. The molecule has 0 atom stereocenters. The molecule has 0 aliphatic heterocycles. The summed E-state index contributed by atoms with van der Waals surface area (Å²) in [7, 11) is 0. The van der Waals surface area contributed by atoms with Crippen molar-refractivity contribution < 1.29 is 0 Å². The fourth-order valence-corrected chi connectivity index (χ4v) is 1.69. The second kappa shape index (κ2) is 4.75.